The summed E-state index contributed by atoms with van der Waals surface area (Å²) in [7, 11) is 1.66. The molecule has 2 aromatic carbocycles. The van der Waals surface area contributed by atoms with Gasteiger partial charge in [-0.2, -0.15) is 0 Å². The van der Waals surface area contributed by atoms with Crippen molar-refractivity contribution in [2.45, 2.75) is 31.8 Å². The van der Waals surface area contributed by atoms with Gasteiger partial charge in [-0.25, -0.2) is 0 Å². The largest absolute Gasteiger partial charge is 0.497 e. The molecule has 0 aliphatic carbocycles. The lowest BCUT2D eigenvalue weighted by molar-refractivity contribution is -0.155. The molecule has 1 aliphatic heterocycles. The number of rotatable bonds is 7. The van der Waals surface area contributed by atoms with Crippen LogP contribution >= 0.6 is 0 Å². The first-order chi connectivity index (χ1) is 12.5. The van der Waals surface area contributed by atoms with Gasteiger partial charge in [-0.05, 0) is 42.7 Å². The monoisotopic (exact) mass is 354 g/mol. The molecule has 2 aromatic rings. The molecule has 26 heavy (non-hydrogen) atoms. The summed E-state index contributed by atoms with van der Waals surface area (Å²) in [6, 6.07) is 17.9. The van der Waals surface area contributed by atoms with E-state index in [-0.39, 0.29) is 12.2 Å². The van der Waals surface area contributed by atoms with Gasteiger partial charge in [0.25, 0.3) is 0 Å². The third-order valence-corrected chi connectivity index (χ3v) is 4.43. The fourth-order valence-corrected chi connectivity index (χ4v) is 3.02. The average Bonchev–Trinajstić information content (AvgIpc) is 3.02. The van der Waals surface area contributed by atoms with E-state index >= 15 is 0 Å². The molecule has 0 bridgehead atoms. The van der Waals surface area contributed by atoms with Crippen molar-refractivity contribution in [1.82, 2.24) is 0 Å². The lowest BCUT2D eigenvalue weighted by Gasteiger charge is -2.25. The molecule has 4 heteroatoms. The molecule has 3 rings (SSSR count). The van der Waals surface area contributed by atoms with Crippen LogP contribution in [0, 0.1) is 0 Å². The predicted molar refractivity (Wildman–Crippen MR) is 102 cm³/mol. The Kier molecular flexibility index (Phi) is 5.77. The summed E-state index contributed by atoms with van der Waals surface area (Å²) in [4.78, 5) is 0. The van der Waals surface area contributed by atoms with E-state index in [9.17, 15) is 0 Å². The second-order valence-electron chi connectivity index (χ2n) is 6.84. The van der Waals surface area contributed by atoms with E-state index in [4.69, 9.17) is 18.9 Å². The molecule has 1 aliphatic rings. The van der Waals surface area contributed by atoms with Crippen molar-refractivity contribution in [3.8, 4) is 5.75 Å². The van der Waals surface area contributed by atoms with Gasteiger partial charge in [0.2, 0.25) is 0 Å². The van der Waals surface area contributed by atoms with Gasteiger partial charge in [-0.3, -0.25) is 0 Å². The highest BCUT2D eigenvalue weighted by molar-refractivity contribution is 5.63. The SMILES string of the molecule is C=C(CO[C@@H](c1ccc(OC)cc1)[C@H]1COC(C)(C)O1)c1ccccc1. The summed E-state index contributed by atoms with van der Waals surface area (Å²) in [6.07, 6.45) is -0.426. The summed E-state index contributed by atoms with van der Waals surface area (Å²) in [5.41, 5.74) is 3.03. The van der Waals surface area contributed by atoms with Crippen molar-refractivity contribution in [1.29, 1.82) is 0 Å². The third kappa shape index (κ3) is 4.52. The van der Waals surface area contributed by atoms with Crippen LogP contribution in [0.15, 0.2) is 61.2 Å². The van der Waals surface area contributed by atoms with Gasteiger partial charge >= 0.3 is 0 Å². The second-order valence-corrected chi connectivity index (χ2v) is 6.84. The number of methoxy groups -OCH3 is 1. The Morgan fingerprint density at radius 1 is 1.15 bits per heavy atom. The highest BCUT2D eigenvalue weighted by Crippen LogP contribution is 2.34. The second kappa shape index (κ2) is 8.04. The van der Waals surface area contributed by atoms with E-state index in [1.807, 2.05) is 68.4 Å². The summed E-state index contributed by atoms with van der Waals surface area (Å²) in [5, 5.41) is 0. The minimum atomic E-state index is -0.602. The minimum absolute atomic E-state index is 0.179. The summed E-state index contributed by atoms with van der Waals surface area (Å²) >= 11 is 0. The molecule has 138 valence electrons. The normalized spacial score (nSPS) is 19.9. The molecule has 4 nitrogen and oxygen atoms in total. The highest BCUT2D eigenvalue weighted by Gasteiger charge is 2.38. The smallest absolute Gasteiger partial charge is 0.163 e. The van der Waals surface area contributed by atoms with E-state index in [1.165, 1.54) is 0 Å². The quantitative estimate of drug-likeness (QED) is 0.727. The maximum atomic E-state index is 6.25. The molecular formula is C22H26O4. The molecule has 0 spiro atoms. The molecule has 1 heterocycles. The van der Waals surface area contributed by atoms with Crippen LogP contribution in [0.5, 0.6) is 5.75 Å². The van der Waals surface area contributed by atoms with Crippen LogP contribution in [-0.2, 0) is 14.2 Å². The van der Waals surface area contributed by atoms with Gasteiger partial charge in [0.15, 0.2) is 5.79 Å². The first-order valence-corrected chi connectivity index (χ1v) is 8.79. The molecule has 0 aromatic heterocycles. The highest BCUT2D eigenvalue weighted by atomic mass is 16.7. The number of hydrogen-bond acceptors (Lipinski definition) is 4. The Morgan fingerprint density at radius 2 is 1.85 bits per heavy atom. The van der Waals surface area contributed by atoms with Crippen molar-refractivity contribution in [2.24, 2.45) is 0 Å². The summed E-state index contributed by atoms with van der Waals surface area (Å²) in [5.74, 6) is 0.208. The summed E-state index contributed by atoms with van der Waals surface area (Å²) in [6.45, 7) is 8.90. The van der Waals surface area contributed by atoms with Crippen LogP contribution in [0.4, 0.5) is 0 Å². The van der Waals surface area contributed by atoms with E-state index < -0.39 is 5.79 Å². The number of ether oxygens (including phenoxy) is 4. The van der Waals surface area contributed by atoms with Gasteiger partial charge in [0.1, 0.15) is 18.0 Å². The summed E-state index contributed by atoms with van der Waals surface area (Å²) < 4.78 is 23.3. The zero-order chi connectivity index (χ0) is 18.6. The van der Waals surface area contributed by atoms with Gasteiger partial charge < -0.3 is 18.9 Å². The van der Waals surface area contributed by atoms with E-state index in [0.29, 0.717) is 13.2 Å². The molecule has 0 N–H and O–H groups in total. The standard InChI is InChI=1S/C22H26O4/c1-16(17-8-6-5-7-9-17)14-24-21(20-15-25-22(2,3)26-20)18-10-12-19(23-4)13-11-18/h5-13,20-21H,1,14-15H2,2-4H3/t20-,21+/m1/s1. The first-order valence-electron chi connectivity index (χ1n) is 8.79. The van der Waals surface area contributed by atoms with Crippen LogP contribution in [0.25, 0.3) is 5.57 Å². The predicted octanol–water partition coefficient (Wildman–Crippen LogP) is 4.62. The fraction of sp³-hybridized carbons (Fsp3) is 0.364. The minimum Gasteiger partial charge on any atom is -0.497 e. The van der Waals surface area contributed by atoms with Crippen LogP contribution in [0.3, 0.4) is 0 Å². The molecule has 2 atom stereocenters. The number of benzene rings is 2. The molecule has 0 unspecified atom stereocenters. The van der Waals surface area contributed by atoms with Crippen molar-refractivity contribution in [3.05, 3.63) is 72.3 Å². The average molecular weight is 354 g/mol. The van der Waals surface area contributed by atoms with Crippen molar-refractivity contribution in [3.63, 3.8) is 0 Å². The molecule has 1 fully saturated rings. The van der Waals surface area contributed by atoms with E-state index in [1.54, 1.807) is 7.11 Å². The van der Waals surface area contributed by atoms with Crippen molar-refractivity contribution >= 4 is 5.57 Å². The Balaban J connectivity index is 1.75. The molecule has 0 radical (unpaired) electrons. The van der Waals surface area contributed by atoms with Crippen LogP contribution < -0.4 is 4.74 Å². The third-order valence-electron chi connectivity index (χ3n) is 4.43. The van der Waals surface area contributed by atoms with Gasteiger partial charge in [0, 0.05) is 0 Å². The molecule has 0 saturated carbocycles. The lowest BCUT2D eigenvalue weighted by Crippen LogP contribution is -2.27. The molecular weight excluding hydrogens is 328 g/mol. The maximum absolute atomic E-state index is 6.25. The Morgan fingerprint density at radius 3 is 2.42 bits per heavy atom. The fourth-order valence-electron chi connectivity index (χ4n) is 3.02. The van der Waals surface area contributed by atoms with E-state index in [2.05, 4.69) is 6.58 Å². The molecule has 0 amide bonds. The zero-order valence-corrected chi connectivity index (χ0v) is 15.6. The van der Waals surface area contributed by atoms with E-state index in [0.717, 1.165) is 22.4 Å². The zero-order valence-electron chi connectivity index (χ0n) is 15.6. The Bertz CT molecular complexity index is 722. The lowest BCUT2D eigenvalue weighted by atomic mass is 10.0. The van der Waals surface area contributed by atoms with Gasteiger partial charge in [-0.1, -0.05) is 49.0 Å². The Labute approximate surface area is 155 Å². The number of hydrogen-bond donors (Lipinski definition) is 0. The van der Waals surface area contributed by atoms with Crippen LogP contribution in [0.1, 0.15) is 31.1 Å². The first kappa shape index (κ1) is 18.6. The van der Waals surface area contributed by atoms with Crippen LogP contribution in [0.2, 0.25) is 0 Å². The van der Waals surface area contributed by atoms with Crippen LogP contribution in [-0.4, -0.2) is 32.2 Å². The van der Waals surface area contributed by atoms with Crippen molar-refractivity contribution < 1.29 is 18.9 Å². The van der Waals surface area contributed by atoms with Gasteiger partial charge in [-0.15, -0.1) is 0 Å². The Hall–Kier alpha value is -2.14. The van der Waals surface area contributed by atoms with Crippen molar-refractivity contribution in [2.75, 3.05) is 20.3 Å². The van der Waals surface area contributed by atoms with Gasteiger partial charge in [0.05, 0.1) is 20.3 Å². The maximum Gasteiger partial charge on any atom is 0.163 e. The molecule has 1 saturated heterocycles. The topological polar surface area (TPSA) is 36.9 Å².